The number of nitrogens with one attached hydrogen (secondary N) is 1. The van der Waals surface area contributed by atoms with E-state index in [-0.39, 0.29) is 18.1 Å². The molecule has 1 aliphatic carbocycles. The van der Waals surface area contributed by atoms with Gasteiger partial charge in [0, 0.05) is 35.1 Å². The second kappa shape index (κ2) is 9.72. The first-order chi connectivity index (χ1) is 16.5. The first-order valence-electron chi connectivity index (χ1n) is 11.6. The molecule has 0 saturated carbocycles. The first-order valence-corrected chi connectivity index (χ1v) is 12.4. The zero-order valence-corrected chi connectivity index (χ0v) is 20.3. The van der Waals surface area contributed by atoms with Gasteiger partial charge in [0.05, 0.1) is 11.3 Å². The molecule has 2 heterocycles. The van der Waals surface area contributed by atoms with Crippen molar-refractivity contribution in [3.05, 3.63) is 69.3 Å². The van der Waals surface area contributed by atoms with Crippen molar-refractivity contribution >= 4 is 44.7 Å². The summed E-state index contributed by atoms with van der Waals surface area (Å²) >= 11 is 3.53. The van der Waals surface area contributed by atoms with E-state index in [1.165, 1.54) is 0 Å². The summed E-state index contributed by atoms with van der Waals surface area (Å²) in [6.45, 7) is 2.90. The van der Waals surface area contributed by atoms with Gasteiger partial charge < -0.3 is 15.3 Å². The Kier molecular flexibility index (Phi) is 6.52. The summed E-state index contributed by atoms with van der Waals surface area (Å²) in [6.07, 6.45) is 2.42. The van der Waals surface area contributed by atoms with E-state index in [9.17, 15) is 9.59 Å². The Morgan fingerprint density at radius 2 is 1.97 bits per heavy atom. The summed E-state index contributed by atoms with van der Waals surface area (Å²) in [5, 5.41) is 16.9. The van der Waals surface area contributed by atoms with Crippen molar-refractivity contribution in [1.29, 1.82) is 0 Å². The summed E-state index contributed by atoms with van der Waals surface area (Å²) in [5.74, 6) is -0.388. The van der Waals surface area contributed by atoms with Crippen molar-refractivity contribution in [3.63, 3.8) is 0 Å². The standard InChI is InChI=1S/C26H26BrN3O4/c27-18-6-5-17-14-22(31)24(20(17)15-18)26-25(19-3-1-2-4-21(19)28-26)29-34-12-11-30-9-7-16(8-10-30)13-23(32)33/h1-6,15-16,28H,7-14H2,(H,32,33)/b26-24-,29-25?. The smallest absolute Gasteiger partial charge is 0.303 e. The van der Waals surface area contributed by atoms with E-state index >= 15 is 0 Å². The van der Waals surface area contributed by atoms with Crippen molar-refractivity contribution in [2.24, 2.45) is 11.1 Å². The van der Waals surface area contributed by atoms with Crippen LogP contribution in [0.3, 0.4) is 0 Å². The first kappa shape index (κ1) is 22.8. The number of fused-ring (bicyclic) bond motifs is 2. The number of benzene rings is 2. The maximum absolute atomic E-state index is 13.0. The van der Waals surface area contributed by atoms with E-state index in [0.717, 1.165) is 59.3 Å². The fraction of sp³-hybridized carbons (Fsp3) is 0.346. The molecule has 2 aromatic rings. The molecule has 0 radical (unpaired) electrons. The lowest BCUT2D eigenvalue weighted by Gasteiger charge is -2.30. The Labute approximate surface area is 206 Å². The number of hydrogen-bond donors (Lipinski definition) is 2. The number of carbonyl (C=O) groups excluding carboxylic acids is 1. The number of oxime groups is 1. The maximum Gasteiger partial charge on any atom is 0.303 e. The molecule has 0 atom stereocenters. The fourth-order valence-electron chi connectivity index (χ4n) is 4.97. The largest absolute Gasteiger partial charge is 0.481 e. The molecule has 176 valence electrons. The monoisotopic (exact) mass is 523 g/mol. The summed E-state index contributed by atoms with van der Waals surface area (Å²) in [6, 6.07) is 13.8. The van der Waals surface area contributed by atoms with Crippen LogP contribution in [-0.2, 0) is 20.8 Å². The van der Waals surface area contributed by atoms with Crippen molar-refractivity contribution in [3.8, 4) is 0 Å². The fourth-order valence-corrected chi connectivity index (χ4v) is 5.33. The van der Waals surface area contributed by atoms with Gasteiger partial charge in [-0.1, -0.05) is 45.4 Å². The van der Waals surface area contributed by atoms with Crippen LogP contribution in [0.4, 0.5) is 5.69 Å². The lowest BCUT2D eigenvalue weighted by Crippen LogP contribution is -2.36. The highest BCUT2D eigenvalue weighted by molar-refractivity contribution is 9.10. The SMILES string of the molecule is O=C(O)CC1CCN(CCON=C2/C(=C3/C(=O)Cc4ccc(Br)cc43)Nc3ccccc32)CC1. The van der Waals surface area contributed by atoms with Gasteiger partial charge in [-0.2, -0.15) is 0 Å². The van der Waals surface area contributed by atoms with Crippen molar-refractivity contribution in [2.45, 2.75) is 25.7 Å². The molecule has 0 amide bonds. The van der Waals surface area contributed by atoms with Gasteiger partial charge in [0.25, 0.3) is 0 Å². The van der Waals surface area contributed by atoms with Crippen LogP contribution in [0, 0.1) is 5.92 Å². The average Bonchev–Trinajstić information content (AvgIpc) is 3.33. The number of rotatable bonds is 6. The summed E-state index contributed by atoms with van der Waals surface area (Å²) in [4.78, 5) is 32.0. The molecular formula is C26H26BrN3O4. The van der Waals surface area contributed by atoms with Crippen LogP contribution in [-0.4, -0.2) is 53.7 Å². The lowest BCUT2D eigenvalue weighted by atomic mass is 9.94. The molecule has 0 spiro atoms. The number of carboxylic acid groups (broad SMARTS) is 1. The molecule has 8 heteroatoms. The number of anilines is 1. The molecule has 0 aromatic heterocycles. The van der Waals surface area contributed by atoms with Gasteiger partial charge in [-0.25, -0.2) is 0 Å². The van der Waals surface area contributed by atoms with Crippen molar-refractivity contribution in [2.75, 3.05) is 31.6 Å². The molecule has 2 aromatic carbocycles. The van der Waals surface area contributed by atoms with Gasteiger partial charge >= 0.3 is 5.97 Å². The predicted octanol–water partition coefficient (Wildman–Crippen LogP) is 4.32. The van der Waals surface area contributed by atoms with Gasteiger partial charge in [0.1, 0.15) is 12.3 Å². The summed E-state index contributed by atoms with van der Waals surface area (Å²) in [5.41, 5.74) is 5.74. The number of Topliss-reactive ketones (excluding diaryl/α,β-unsaturated/α-hetero) is 1. The van der Waals surface area contributed by atoms with Gasteiger partial charge in [-0.15, -0.1) is 0 Å². The van der Waals surface area contributed by atoms with E-state index in [2.05, 4.69) is 31.3 Å². The molecule has 7 nitrogen and oxygen atoms in total. The van der Waals surface area contributed by atoms with E-state index < -0.39 is 5.97 Å². The van der Waals surface area contributed by atoms with Gasteiger partial charge in [-0.3, -0.25) is 14.5 Å². The molecule has 0 unspecified atom stereocenters. The van der Waals surface area contributed by atoms with Crippen LogP contribution >= 0.6 is 15.9 Å². The minimum atomic E-state index is -0.719. The maximum atomic E-state index is 13.0. The number of allylic oxidation sites excluding steroid dienone is 2. The van der Waals surface area contributed by atoms with Gasteiger partial charge in [-0.05, 0) is 61.2 Å². The van der Waals surface area contributed by atoms with Crippen LogP contribution in [0.5, 0.6) is 0 Å². The van der Waals surface area contributed by atoms with Crippen LogP contribution in [0.2, 0.25) is 0 Å². The highest BCUT2D eigenvalue weighted by Gasteiger charge is 2.34. The Hall–Kier alpha value is -2.97. The molecule has 1 saturated heterocycles. The molecule has 1 fully saturated rings. The Bertz CT molecular complexity index is 1200. The number of ketones is 1. The van der Waals surface area contributed by atoms with Crippen LogP contribution < -0.4 is 5.32 Å². The van der Waals surface area contributed by atoms with Crippen LogP contribution in [0.1, 0.15) is 36.0 Å². The molecule has 34 heavy (non-hydrogen) atoms. The highest BCUT2D eigenvalue weighted by atomic mass is 79.9. The minimum Gasteiger partial charge on any atom is -0.481 e. The second-order valence-corrected chi connectivity index (χ2v) is 9.89. The van der Waals surface area contributed by atoms with E-state index in [1.54, 1.807) is 0 Å². The number of piperidine rings is 1. The molecular weight excluding hydrogens is 498 g/mol. The third-order valence-corrected chi connectivity index (χ3v) is 7.22. The number of hydrogen-bond acceptors (Lipinski definition) is 6. The van der Waals surface area contributed by atoms with E-state index in [0.29, 0.717) is 30.0 Å². The van der Waals surface area contributed by atoms with Gasteiger partial charge in [0.15, 0.2) is 5.78 Å². The average molecular weight is 524 g/mol. The molecule has 3 aliphatic rings. The van der Waals surface area contributed by atoms with Crippen molar-refractivity contribution in [1.82, 2.24) is 4.90 Å². The lowest BCUT2D eigenvalue weighted by molar-refractivity contribution is -0.138. The van der Waals surface area contributed by atoms with Crippen LogP contribution in [0.15, 0.2) is 57.8 Å². The van der Waals surface area contributed by atoms with Crippen LogP contribution in [0.25, 0.3) is 5.57 Å². The number of nitrogens with zero attached hydrogens (tertiary/aromatic N) is 2. The number of likely N-dealkylation sites (tertiary alicyclic amines) is 1. The molecule has 5 rings (SSSR count). The summed E-state index contributed by atoms with van der Waals surface area (Å²) < 4.78 is 0.927. The van der Waals surface area contributed by atoms with Crippen molar-refractivity contribution < 1.29 is 19.5 Å². The Morgan fingerprint density at radius 1 is 1.18 bits per heavy atom. The third kappa shape index (κ3) is 4.65. The summed E-state index contributed by atoms with van der Waals surface area (Å²) in [7, 11) is 0. The number of carboxylic acids is 1. The Morgan fingerprint density at radius 3 is 2.76 bits per heavy atom. The zero-order valence-electron chi connectivity index (χ0n) is 18.7. The number of halogens is 1. The second-order valence-electron chi connectivity index (χ2n) is 8.98. The molecule has 2 N–H and O–H groups in total. The normalized spacial score (nSPS) is 21.4. The van der Waals surface area contributed by atoms with E-state index in [4.69, 9.17) is 9.94 Å². The molecule has 2 aliphatic heterocycles. The zero-order chi connectivity index (χ0) is 23.7. The van der Waals surface area contributed by atoms with E-state index in [1.807, 2.05) is 42.5 Å². The quantitative estimate of drug-likeness (QED) is 0.333. The Balaban J connectivity index is 1.33. The number of carbonyl (C=O) groups is 2. The number of aliphatic carboxylic acids is 1. The minimum absolute atomic E-state index is 0.0698. The third-order valence-electron chi connectivity index (χ3n) is 6.72. The molecule has 0 bridgehead atoms. The topological polar surface area (TPSA) is 91.2 Å². The number of para-hydroxylation sites is 1. The van der Waals surface area contributed by atoms with Gasteiger partial charge in [0.2, 0.25) is 0 Å². The highest BCUT2D eigenvalue weighted by Crippen LogP contribution is 2.39. The predicted molar refractivity (Wildman–Crippen MR) is 134 cm³/mol.